The first-order valence-corrected chi connectivity index (χ1v) is 20.8. The number of furan rings is 1. The van der Waals surface area contributed by atoms with Gasteiger partial charge in [-0.2, -0.15) is 0 Å². The Morgan fingerprint density at radius 2 is 1.08 bits per heavy atom. The smallest absolute Gasteiger partial charge is 0.163 e. The number of fused-ring (bicyclic) bond motifs is 3. The number of pyridine rings is 2. The van der Waals surface area contributed by atoms with Crippen molar-refractivity contribution in [3.8, 4) is 56.2 Å². The summed E-state index contributed by atoms with van der Waals surface area (Å²) in [4.78, 5) is 23.7. The molecule has 0 spiro atoms. The molecule has 0 aliphatic carbocycles. The molecule has 9 aromatic rings. The Hall–Kier alpha value is -6.14. The summed E-state index contributed by atoms with van der Waals surface area (Å²) in [6.45, 7) is 21.2. The van der Waals surface area contributed by atoms with Crippen LogP contribution in [0.25, 0.3) is 78.1 Å². The van der Waals surface area contributed by atoms with Crippen LogP contribution in [0, 0.1) is 39.8 Å². The van der Waals surface area contributed by atoms with Crippen LogP contribution in [-0.2, 0) is 30.9 Å². The molecule has 4 aromatic heterocycles. The third kappa shape index (κ3) is 9.21. The molecule has 0 aliphatic heterocycles. The number of hydrogen-bond acceptors (Lipinski definition) is 6. The molecule has 313 valence electrons. The molecule has 0 atom stereocenters. The third-order valence-electron chi connectivity index (χ3n) is 11.1. The summed E-state index contributed by atoms with van der Waals surface area (Å²) in [5.74, 6) is 2.32. The molecule has 7 heteroatoms. The van der Waals surface area contributed by atoms with Gasteiger partial charge in [0.25, 0.3) is 0 Å². The van der Waals surface area contributed by atoms with E-state index in [-0.39, 0.29) is 30.9 Å². The van der Waals surface area contributed by atoms with Crippen molar-refractivity contribution in [3.05, 3.63) is 174 Å². The number of aryl methyl sites for hydroxylation is 4. The molecule has 0 N–H and O–H groups in total. The first-order chi connectivity index (χ1) is 29.1. The third-order valence-corrected chi connectivity index (χ3v) is 11.1. The van der Waals surface area contributed by atoms with Gasteiger partial charge in [-0.1, -0.05) is 136 Å². The number of benzene rings is 5. The summed E-state index contributed by atoms with van der Waals surface area (Å²) in [6.07, 6.45) is 3.82. The fraction of sp³-hybridized carbons (Fsp3) is 0.218. The molecule has 0 amide bonds. The summed E-state index contributed by atoms with van der Waals surface area (Å²) >= 11 is 0. The van der Waals surface area contributed by atoms with E-state index in [0.717, 1.165) is 89.5 Å². The topological polar surface area (TPSA) is 77.6 Å². The van der Waals surface area contributed by atoms with Crippen LogP contribution in [0.2, 0.25) is 0 Å². The maximum atomic E-state index is 6.68. The SMILES string of the molecule is Cc1cnc(-c2[c-]ccc3c2oc2c(-c4cccc(-c5ccc(-c6nc(C(C)(C)C)nc(C(C)(C)C)n6)cc5)c4)cccc23)cc1C.Cc1cnc(-c2[c-]cccc2)cc1C.[Ir]. The van der Waals surface area contributed by atoms with Crippen molar-refractivity contribution >= 4 is 21.9 Å². The number of aromatic nitrogens is 5. The molecule has 62 heavy (non-hydrogen) atoms. The molecule has 0 saturated heterocycles. The maximum absolute atomic E-state index is 6.68. The van der Waals surface area contributed by atoms with Crippen LogP contribution in [0.1, 0.15) is 75.4 Å². The Morgan fingerprint density at radius 3 is 1.71 bits per heavy atom. The second-order valence-electron chi connectivity index (χ2n) is 17.9. The Labute approximate surface area is 379 Å². The molecular formula is C55H51IrN5O-2. The monoisotopic (exact) mass is 990 g/mol. The van der Waals surface area contributed by atoms with E-state index in [9.17, 15) is 0 Å². The Kier molecular flexibility index (Phi) is 12.5. The average molecular weight is 990 g/mol. The minimum absolute atomic E-state index is 0. The molecule has 0 saturated carbocycles. The van der Waals surface area contributed by atoms with Crippen molar-refractivity contribution in [2.45, 2.75) is 80.1 Å². The second kappa shape index (κ2) is 17.7. The van der Waals surface area contributed by atoms with Gasteiger partial charge < -0.3 is 14.4 Å². The standard InChI is InChI=1S/C42H39N4O.C13H12N.Ir/c1-25-22-35(43-24-26(25)2)34-17-11-16-33-32-15-10-14-31(36(32)47-37(33)34)30-13-9-12-29(23-30)27-18-20-28(21-19-27)38-44-39(41(3,4)5)46-40(45-38)42(6,7)8;1-10-8-13(14-9-11(10)2)12-6-4-3-5-7-12;/h9-16,18-24H,1-8H3;3-6,8-9H,1-2H3;/q2*-1;. The summed E-state index contributed by atoms with van der Waals surface area (Å²) in [5.41, 5.74) is 15.3. The van der Waals surface area contributed by atoms with Crippen LogP contribution in [0.4, 0.5) is 0 Å². The molecule has 4 heterocycles. The first-order valence-electron chi connectivity index (χ1n) is 20.8. The summed E-state index contributed by atoms with van der Waals surface area (Å²) in [6, 6.07) is 46.2. The van der Waals surface area contributed by atoms with Crippen molar-refractivity contribution < 1.29 is 24.5 Å². The number of nitrogens with zero attached hydrogens (tertiary/aromatic N) is 5. The maximum Gasteiger partial charge on any atom is 0.163 e. The van der Waals surface area contributed by atoms with Gasteiger partial charge in [0, 0.05) is 59.8 Å². The van der Waals surface area contributed by atoms with E-state index in [1.807, 2.05) is 42.7 Å². The summed E-state index contributed by atoms with van der Waals surface area (Å²) < 4.78 is 6.68. The van der Waals surface area contributed by atoms with Gasteiger partial charge in [0.05, 0.1) is 5.58 Å². The zero-order valence-electron chi connectivity index (χ0n) is 37.1. The Balaban J connectivity index is 0.000000327. The predicted octanol–water partition coefficient (Wildman–Crippen LogP) is 14.0. The van der Waals surface area contributed by atoms with Gasteiger partial charge in [-0.25, -0.2) is 15.0 Å². The zero-order valence-corrected chi connectivity index (χ0v) is 39.5. The van der Waals surface area contributed by atoms with Gasteiger partial charge in [0.1, 0.15) is 17.2 Å². The molecule has 0 fully saturated rings. The largest absolute Gasteiger partial charge is 0.500 e. The van der Waals surface area contributed by atoms with E-state index in [1.54, 1.807) is 0 Å². The summed E-state index contributed by atoms with van der Waals surface area (Å²) in [7, 11) is 0. The van der Waals surface area contributed by atoms with Crippen LogP contribution in [-0.4, -0.2) is 24.9 Å². The number of hydrogen-bond donors (Lipinski definition) is 0. The molecule has 1 radical (unpaired) electrons. The average Bonchev–Trinajstić information content (AvgIpc) is 3.65. The van der Waals surface area contributed by atoms with Crippen molar-refractivity contribution in [1.82, 2.24) is 24.9 Å². The molecule has 0 bridgehead atoms. The predicted molar refractivity (Wildman–Crippen MR) is 250 cm³/mol. The van der Waals surface area contributed by atoms with Gasteiger partial charge in [0.2, 0.25) is 0 Å². The molecule has 9 rings (SSSR count). The Bertz CT molecular complexity index is 3000. The van der Waals surface area contributed by atoms with E-state index < -0.39 is 0 Å². The van der Waals surface area contributed by atoms with Gasteiger partial charge >= 0.3 is 0 Å². The number of rotatable bonds is 5. The van der Waals surface area contributed by atoms with Crippen LogP contribution in [0.15, 0.2) is 132 Å². The van der Waals surface area contributed by atoms with Gasteiger partial charge in [-0.05, 0) is 73.0 Å². The first kappa shape index (κ1) is 43.9. The van der Waals surface area contributed by atoms with E-state index >= 15 is 0 Å². The molecule has 6 nitrogen and oxygen atoms in total. The minimum atomic E-state index is -0.183. The normalized spacial score (nSPS) is 11.6. The summed E-state index contributed by atoms with van der Waals surface area (Å²) in [5, 5.41) is 2.14. The fourth-order valence-electron chi connectivity index (χ4n) is 7.12. The van der Waals surface area contributed by atoms with Crippen molar-refractivity contribution in [2.75, 3.05) is 0 Å². The van der Waals surface area contributed by atoms with E-state index in [0.29, 0.717) is 5.82 Å². The minimum Gasteiger partial charge on any atom is -0.500 e. The fourth-order valence-corrected chi connectivity index (χ4v) is 7.12. The van der Waals surface area contributed by atoms with Gasteiger partial charge in [-0.15, -0.1) is 54.1 Å². The number of para-hydroxylation sites is 1. The van der Waals surface area contributed by atoms with Gasteiger partial charge in [0.15, 0.2) is 5.82 Å². The second-order valence-corrected chi connectivity index (χ2v) is 17.9. The molecule has 0 aliphatic rings. The molecule has 0 unspecified atom stereocenters. The zero-order chi connectivity index (χ0) is 43.1. The Morgan fingerprint density at radius 1 is 0.484 bits per heavy atom. The van der Waals surface area contributed by atoms with Crippen LogP contribution in [0.5, 0.6) is 0 Å². The molecule has 5 aromatic carbocycles. The van der Waals surface area contributed by atoms with E-state index in [2.05, 4.69) is 171 Å². The quantitative estimate of drug-likeness (QED) is 0.160. The van der Waals surface area contributed by atoms with Gasteiger partial charge in [-0.3, -0.25) is 0 Å². The van der Waals surface area contributed by atoms with Crippen LogP contribution >= 0.6 is 0 Å². The molecular weight excluding hydrogens is 939 g/mol. The van der Waals surface area contributed by atoms with Crippen molar-refractivity contribution in [2.24, 2.45) is 0 Å². The van der Waals surface area contributed by atoms with Crippen molar-refractivity contribution in [1.29, 1.82) is 0 Å². The van der Waals surface area contributed by atoms with E-state index in [4.69, 9.17) is 24.4 Å². The van der Waals surface area contributed by atoms with Crippen molar-refractivity contribution in [3.63, 3.8) is 0 Å². The van der Waals surface area contributed by atoms with Crippen LogP contribution < -0.4 is 0 Å². The van der Waals surface area contributed by atoms with Crippen LogP contribution in [0.3, 0.4) is 0 Å². The van der Waals surface area contributed by atoms with E-state index in [1.165, 1.54) is 16.7 Å².